The number of unbranched alkanes of at least 4 members (excludes halogenated alkanes) is 1. The smallest absolute Gasteiger partial charge is 0.331 e. The summed E-state index contributed by atoms with van der Waals surface area (Å²) in [7, 11) is 0. The topological polar surface area (TPSA) is 75.6 Å². The Morgan fingerprint density at radius 3 is 2.78 bits per heavy atom. The van der Waals surface area contributed by atoms with Crippen molar-refractivity contribution >= 4 is 23.6 Å². The number of rotatable bonds is 7. The minimum atomic E-state index is -1.23. The molecule has 0 aromatic carbocycles. The van der Waals surface area contributed by atoms with Crippen LogP contribution in [0.4, 0.5) is 0 Å². The molecule has 0 aromatic heterocycles. The predicted octanol–water partition coefficient (Wildman–Crippen LogP) is 1.27. The monoisotopic (exact) mass is 275 g/mol. The van der Waals surface area contributed by atoms with E-state index in [0.29, 0.717) is 13.0 Å². The molecular formula is C12H21NO4S. The maximum Gasteiger partial charge on any atom is 0.331 e. The second-order valence-corrected chi connectivity index (χ2v) is 5.99. The lowest BCUT2D eigenvalue weighted by atomic mass is 9.99. The summed E-state index contributed by atoms with van der Waals surface area (Å²) >= 11 is 1.56. The fourth-order valence-electron chi connectivity index (χ4n) is 1.70. The lowest BCUT2D eigenvalue weighted by Gasteiger charge is -2.25. The van der Waals surface area contributed by atoms with Gasteiger partial charge in [-0.1, -0.05) is 13.3 Å². The van der Waals surface area contributed by atoms with E-state index in [4.69, 9.17) is 4.74 Å². The molecule has 0 spiro atoms. The summed E-state index contributed by atoms with van der Waals surface area (Å²) in [6.07, 6.45) is 2.49. The molecule has 1 aliphatic rings. The second-order valence-electron chi connectivity index (χ2n) is 4.55. The van der Waals surface area contributed by atoms with E-state index in [2.05, 4.69) is 12.2 Å². The van der Waals surface area contributed by atoms with Crippen molar-refractivity contribution in [1.82, 2.24) is 5.32 Å². The van der Waals surface area contributed by atoms with E-state index in [1.807, 2.05) is 0 Å². The normalized spacial score (nSPS) is 24.8. The fraction of sp³-hybridized carbons (Fsp3) is 0.833. The van der Waals surface area contributed by atoms with Crippen LogP contribution in [0.3, 0.4) is 0 Å². The summed E-state index contributed by atoms with van der Waals surface area (Å²) in [5.74, 6) is -0.315. The van der Waals surface area contributed by atoms with Gasteiger partial charge in [0.1, 0.15) is 0 Å². The maximum atomic E-state index is 12.0. The molecule has 0 saturated carbocycles. The van der Waals surface area contributed by atoms with Crippen molar-refractivity contribution < 1.29 is 19.4 Å². The van der Waals surface area contributed by atoms with Gasteiger partial charge < -0.3 is 15.2 Å². The van der Waals surface area contributed by atoms with Crippen molar-refractivity contribution in [3.8, 4) is 0 Å². The number of carbonyl (C=O) groups is 2. The third-order valence-electron chi connectivity index (χ3n) is 3.03. The second kappa shape index (κ2) is 6.99. The van der Waals surface area contributed by atoms with Crippen molar-refractivity contribution in [3.05, 3.63) is 0 Å². The van der Waals surface area contributed by atoms with Crippen molar-refractivity contribution in [3.63, 3.8) is 0 Å². The molecule has 104 valence electrons. The first-order chi connectivity index (χ1) is 8.52. The van der Waals surface area contributed by atoms with E-state index in [1.54, 1.807) is 18.7 Å². The third-order valence-corrected chi connectivity index (χ3v) is 4.27. The molecule has 1 fully saturated rings. The molecule has 1 rings (SSSR count). The van der Waals surface area contributed by atoms with Gasteiger partial charge in [-0.15, -0.1) is 11.8 Å². The van der Waals surface area contributed by atoms with Crippen molar-refractivity contribution in [1.29, 1.82) is 0 Å². The minimum Gasteiger partial charge on any atom is -0.479 e. The highest BCUT2D eigenvalue weighted by molar-refractivity contribution is 8.00. The summed E-state index contributed by atoms with van der Waals surface area (Å²) in [5.41, 5.74) is -1.23. The quantitative estimate of drug-likeness (QED) is 0.684. The zero-order chi connectivity index (χ0) is 13.6. The van der Waals surface area contributed by atoms with E-state index in [9.17, 15) is 14.7 Å². The Morgan fingerprint density at radius 1 is 1.56 bits per heavy atom. The van der Waals surface area contributed by atoms with Crippen molar-refractivity contribution in [2.45, 2.75) is 43.9 Å². The highest BCUT2D eigenvalue weighted by atomic mass is 32.2. The predicted molar refractivity (Wildman–Crippen MR) is 70.8 cm³/mol. The summed E-state index contributed by atoms with van der Waals surface area (Å²) < 4.78 is 5.10. The first kappa shape index (κ1) is 15.3. The molecule has 18 heavy (non-hydrogen) atoms. The molecule has 5 nitrogen and oxygen atoms in total. The summed E-state index contributed by atoms with van der Waals surface area (Å²) in [6.45, 7) is 4.34. The van der Waals surface area contributed by atoms with Gasteiger partial charge in [-0.05, 0) is 19.1 Å². The molecule has 1 amide bonds. The molecule has 2 atom stereocenters. The molecule has 0 aliphatic carbocycles. The van der Waals surface area contributed by atoms with Gasteiger partial charge in [0.15, 0.2) is 5.54 Å². The van der Waals surface area contributed by atoms with Gasteiger partial charge >= 0.3 is 5.97 Å². The summed E-state index contributed by atoms with van der Waals surface area (Å²) in [6, 6.07) is 0. The van der Waals surface area contributed by atoms with Gasteiger partial charge in [0.05, 0.1) is 11.9 Å². The van der Waals surface area contributed by atoms with Crippen LogP contribution in [0.2, 0.25) is 0 Å². The molecule has 1 aliphatic heterocycles. The van der Waals surface area contributed by atoms with Crippen LogP contribution in [0, 0.1) is 0 Å². The van der Waals surface area contributed by atoms with Crippen LogP contribution < -0.4 is 5.32 Å². The van der Waals surface area contributed by atoms with Gasteiger partial charge in [-0.2, -0.15) is 0 Å². The molecule has 0 bridgehead atoms. The van der Waals surface area contributed by atoms with E-state index in [0.717, 1.165) is 18.6 Å². The van der Waals surface area contributed by atoms with Crippen LogP contribution in [0.15, 0.2) is 0 Å². The van der Waals surface area contributed by atoms with E-state index in [1.165, 1.54) is 0 Å². The highest BCUT2D eigenvalue weighted by Gasteiger charge is 2.44. The Hall–Kier alpha value is -0.750. The van der Waals surface area contributed by atoms with Gasteiger partial charge in [-0.25, -0.2) is 4.79 Å². The van der Waals surface area contributed by atoms with E-state index >= 15 is 0 Å². The number of nitrogens with one attached hydrogen (secondary N) is 1. The molecule has 1 saturated heterocycles. The van der Waals surface area contributed by atoms with Gasteiger partial charge in [-0.3, -0.25) is 4.79 Å². The van der Waals surface area contributed by atoms with Crippen LogP contribution in [0.5, 0.6) is 0 Å². The number of hydrogen-bond donors (Lipinski definition) is 2. The van der Waals surface area contributed by atoms with Gasteiger partial charge in [0.25, 0.3) is 0 Å². The number of carboxylic acids is 1. The Kier molecular flexibility index (Phi) is 5.95. The molecular weight excluding hydrogens is 254 g/mol. The first-order valence-electron chi connectivity index (χ1n) is 6.26. The third kappa shape index (κ3) is 3.88. The Bertz CT molecular complexity index is 302. The van der Waals surface area contributed by atoms with Gasteiger partial charge in [0.2, 0.25) is 5.91 Å². The van der Waals surface area contributed by atoms with Crippen molar-refractivity contribution in [2.75, 3.05) is 19.0 Å². The number of ether oxygens (including phenoxy) is 1. The van der Waals surface area contributed by atoms with Crippen LogP contribution in [0.25, 0.3) is 0 Å². The fourth-order valence-corrected chi connectivity index (χ4v) is 2.72. The average molecular weight is 275 g/mol. The molecule has 1 heterocycles. The standard InChI is InChI=1S/C12H21NO4S/c1-3-4-7-18-9(2)10(14)13-12(11(15)16)5-6-17-8-12/h9H,3-8H2,1-2H3,(H,13,14)(H,15,16). The van der Waals surface area contributed by atoms with Crippen LogP contribution in [-0.2, 0) is 14.3 Å². The number of amides is 1. The van der Waals surface area contributed by atoms with E-state index in [-0.39, 0.29) is 17.8 Å². The van der Waals surface area contributed by atoms with E-state index < -0.39 is 11.5 Å². The summed E-state index contributed by atoms with van der Waals surface area (Å²) in [5, 5.41) is 11.6. The average Bonchev–Trinajstić information content (AvgIpc) is 2.79. The summed E-state index contributed by atoms with van der Waals surface area (Å²) in [4.78, 5) is 23.2. The molecule has 0 radical (unpaired) electrons. The number of carbonyl (C=O) groups excluding carboxylic acids is 1. The molecule has 6 heteroatoms. The highest BCUT2D eigenvalue weighted by Crippen LogP contribution is 2.21. The number of carboxylic acid groups (broad SMARTS) is 1. The van der Waals surface area contributed by atoms with Crippen LogP contribution in [-0.4, -0.2) is 46.7 Å². The Balaban J connectivity index is 2.49. The zero-order valence-electron chi connectivity index (χ0n) is 10.9. The Morgan fingerprint density at radius 2 is 2.28 bits per heavy atom. The molecule has 0 aromatic rings. The zero-order valence-corrected chi connectivity index (χ0v) is 11.7. The molecule has 2 unspecified atom stereocenters. The lowest BCUT2D eigenvalue weighted by molar-refractivity contribution is -0.147. The minimum absolute atomic E-state index is 0.0560. The number of hydrogen-bond acceptors (Lipinski definition) is 4. The van der Waals surface area contributed by atoms with Crippen molar-refractivity contribution in [2.24, 2.45) is 0 Å². The number of aliphatic carboxylic acids is 1. The lowest BCUT2D eigenvalue weighted by Crippen LogP contribution is -2.56. The SMILES string of the molecule is CCCCSC(C)C(=O)NC1(C(=O)O)CCOC1. The largest absolute Gasteiger partial charge is 0.479 e. The van der Waals surface area contributed by atoms with Crippen LogP contribution >= 0.6 is 11.8 Å². The first-order valence-corrected chi connectivity index (χ1v) is 7.31. The molecule has 2 N–H and O–H groups in total. The number of thioether (sulfide) groups is 1. The van der Waals surface area contributed by atoms with Gasteiger partial charge in [0, 0.05) is 13.0 Å². The Labute approximate surface area is 112 Å². The van der Waals surface area contributed by atoms with Crippen LogP contribution in [0.1, 0.15) is 33.1 Å². The maximum absolute atomic E-state index is 12.0.